The largest absolute Gasteiger partial charge is 0.416 e. The molecule has 0 N–H and O–H groups in total. The first-order valence-electron chi connectivity index (χ1n) is 12.0. The zero-order valence-corrected chi connectivity index (χ0v) is 21.5. The molecule has 0 fully saturated rings. The summed E-state index contributed by atoms with van der Waals surface area (Å²) < 4.78 is 6.69. The number of hydrogen-bond acceptors (Lipinski definition) is 1. The zero-order chi connectivity index (χ0) is 21.9. The van der Waals surface area contributed by atoms with E-state index in [9.17, 15) is 0 Å². The number of allylic oxidation sites excluding steroid dienone is 1. The Morgan fingerprint density at radius 1 is 0.862 bits per heavy atom. The molecule has 1 atom stereocenters. The first-order chi connectivity index (χ1) is 13.7. The van der Waals surface area contributed by atoms with Gasteiger partial charge in [0, 0.05) is 6.61 Å². The van der Waals surface area contributed by atoms with Crippen LogP contribution in [0.25, 0.3) is 0 Å². The van der Waals surface area contributed by atoms with Crippen molar-refractivity contribution < 1.29 is 4.43 Å². The topological polar surface area (TPSA) is 9.23 Å². The molecule has 0 spiro atoms. The Bertz CT molecular complexity index is 541. The standard InChI is InChI=1S/C27H48OSi/c1-9-27(8,21-19-26-17-13-12-14-18-26)20-15-10-11-16-22-28-29(23(2)3,24(4)5)25(6)7/h9,12-14,17-18,23-25H,1,10-11,15-16,19-22H2,2-8H3/t27-/m0/s1. The van der Waals surface area contributed by atoms with Crippen molar-refractivity contribution in [2.75, 3.05) is 6.61 Å². The smallest absolute Gasteiger partial charge is 0.200 e. The van der Waals surface area contributed by atoms with E-state index in [4.69, 9.17) is 4.43 Å². The molecule has 0 aromatic heterocycles. The van der Waals surface area contributed by atoms with Crippen LogP contribution in [0.4, 0.5) is 0 Å². The van der Waals surface area contributed by atoms with Crippen LogP contribution >= 0.6 is 0 Å². The average molecular weight is 417 g/mol. The van der Waals surface area contributed by atoms with Gasteiger partial charge in [0.2, 0.25) is 0 Å². The van der Waals surface area contributed by atoms with E-state index in [1.54, 1.807) is 0 Å². The highest BCUT2D eigenvalue weighted by Crippen LogP contribution is 2.42. The van der Waals surface area contributed by atoms with Crippen LogP contribution in [0, 0.1) is 5.41 Å². The van der Waals surface area contributed by atoms with Crippen molar-refractivity contribution >= 4 is 8.32 Å². The Labute approximate surface area is 183 Å². The monoisotopic (exact) mass is 416 g/mol. The minimum atomic E-state index is -1.69. The van der Waals surface area contributed by atoms with Crippen molar-refractivity contribution in [1.82, 2.24) is 0 Å². The number of rotatable bonds is 15. The molecule has 0 aliphatic heterocycles. The Kier molecular flexibility index (Phi) is 11.5. The molecule has 2 heteroatoms. The molecule has 1 nitrogen and oxygen atoms in total. The SMILES string of the molecule is C=C[C@@](C)(CCCCCCO[Si](C(C)C)(C(C)C)C(C)C)CCc1ccccc1. The van der Waals surface area contributed by atoms with Crippen molar-refractivity contribution in [2.24, 2.45) is 5.41 Å². The van der Waals surface area contributed by atoms with Gasteiger partial charge >= 0.3 is 0 Å². The minimum Gasteiger partial charge on any atom is -0.416 e. The lowest BCUT2D eigenvalue weighted by Crippen LogP contribution is -2.47. The van der Waals surface area contributed by atoms with E-state index >= 15 is 0 Å². The molecule has 0 saturated heterocycles. The Balaban J connectivity index is 2.33. The van der Waals surface area contributed by atoms with Crippen molar-refractivity contribution in [2.45, 2.75) is 110 Å². The maximum absolute atomic E-state index is 6.69. The summed E-state index contributed by atoms with van der Waals surface area (Å²) in [6.45, 7) is 21.7. The first kappa shape index (κ1) is 26.2. The fourth-order valence-electron chi connectivity index (χ4n) is 5.14. The molecule has 1 aromatic carbocycles. The van der Waals surface area contributed by atoms with E-state index in [2.05, 4.69) is 91.5 Å². The molecule has 0 heterocycles. The summed E-state index contributed by atoms with van der Waals surface area (Å²) in [5.74, 6) is 0. The zero-order valence-electron chi connectivity index (χ0n) is 20.5. The molecule has 0 aliphatic rings. The Hall–Kier alpha value is -0.863. The van der Waals surface area contributed by atoms with Gasteiger partial charge in [-0.1, -0.05) is 104 Å². The van der Waals surface area contributed by atoms with Crippen LogP contribution in [-0.2, 0) is 10.8 Å². The maximum Gasteiger partial charge on any atom is 0.200 e. The Morgan fingerprint density at radius 2 is 1.41 bits per heavy atom. The van der Waals surface area contributed by atoms with Crippen molar-refractivity contribution in [3.63, 3.8) is 0 Å². The van der Waals surface area contributed by atoms with Crippen LogP contribution in [-0.4, -0.2) is 14.9 Å². The second kappa shape index (κ2) is 12.7. The van der Waals surface area contributed by atoms with Crippen LogP contribution in [0.15, 0.2) is 43.0 Å². The highest BCUT2D eigenvalue weighted by molar-refractivity contribution is 6.77. The fraction of sp³-hybridized carbons (Fsp3) is 0.704. The van der Waals surface area contributed by atoms with Crippen molar-refractivity contribution in [1.29, 1.82) is 0 Å². The van der Waals surface area contributed by atoms with E-state index in [0.29, 0.717) is 16.6 Å². The van der Waals surface area contributed by atoms with Crippen LogP contribution in [0.3, 0.4) is 0 Å². The number of aryl methyl sites for hydroxylation is 1. The van der Waals surface area contributed by atoms with Gasteiger partial charge in [-0.3, -0.25) is 0 Å². The van der Waals surface area contributed by atoms with Gasteiger partial charge in [-0.15, -0.1) is 6.58 Å². The Morgan fingerprint density at radius 3 is 1.93 bits per heavy atom. The lowest BCUT2D eigenvalue weighted by atomic mass is 9.79. The highest BCUT2D eigenvalue weighted by Gasteiger charge is 2.44. The van der Waals surface area contributed by atoms with Gasteiger partial charge in [0.1, 0.15) is 0 Å². The van der Waals surface area contributed by atoms with Gasteiger partial charge in [-0.2, -0.15) is 0 Å². The number of unbranched alkanes of at least 4 members (excludes halogenated alkanes) is 3. The molecule has 0 aliphatic carbocycles. The van der Waals surface area contributed by atoms with E-state index in [-0.39, 0.29) is 5.41 Å². The van der Waals surface area contributed by atoms with Crippen molar-refractivity contribution in [3.8, 4) is 0 Å². The van der Waals surface area contributed by atoms with E-state index in [1.165, 1.54) is 44.1 Å². The van der Waals surface area contributed by atoms with Gasteiger partial charge in [-0.25, -0.2) is 0 Å². The molecule has 0 bridgehead atoms. The summed E-state index contributed by atoms with van der Waals surface area (Å²) >= 11 is 0. The van der Waals surface area contributed by atoms with E-state index in [1.807, 2.05) is 0 Å². The number of benzene rings is 1. The van der Waals surface area contributed by atoms with Gasteiger partial charge in [0.25, 0.3) is 0 Å². The number of hydrogen-bond donors (Lipinski definition) is 0. The van der Waals surface area contributed by atoms with Gasteiger partial charge in [-0.05, 0) is 53.3 Å². The third-order valence-electron chi connectivity index (χ3n) is 7.02. The lowest BCUT2D eigenvalue weighted by Gasteiger charge is -2.42. The molecule has 29 heavy (non-hydrogen) atoms. The molecule has 1 aromatic rings. The van der Waals surface area contributed by atoms with E-state index < -0.39 is 8.32 Å². The third-order valence-corrected chi connectivity index (χ3v) is 13.1. The normalized spacial score (nSPS) is 14.6. The fourth-order valence-corrected chi connectivity index (χ4v) is 10.6. The third kappa shape index (κ3) is 8.06. The molecule has 0 radical (unpaired) electrons. The summed E-state index contributed by atoms with van der Waals surface area (Å²) in [5.41, 5.74) is 3.73. The van der Waals surface area contributed by atoms with Crippen LogP contribution < -0.4 is 0 Å². The highest BCUT2D eigenvalue weighted by atomic mass is 28.4. The molecule has 1 rings (SSSR count). The predicted octanol–water partition coefficient (Wildman–Crippen LogP) is 8.95. The summed E-state index contributed by atoms with van der Waals surface area (Å²) in [5, 5.41) is 0. The van der Waals surface area contributed by atoms with Crippen molar-refractivity contribution in [3.05, 3.63) is 48.6 Å². The van der Waals surface area contributed by atoms with Gasteiger partial charge in [0.15, 0.2) is 8.32 Å². The molecule has 0 amide bonds. The van der Waals surface area contributed by atoms with Crippen LogP contribution in [0.1, 0.15) is 92.6 Å². The summed E-state index contributed by atoms with van der Waals surface area (Å²) in [6, 6.07) is 10.8. The summed E-state index contributed by atoms with van der Waals surface area (Å²) in [4.78, 5) is 0. The quantitative estimate of drug-likeness (QED) is 0.157. The lowest BCUT2D eigenvalue weighted by molar-refractivity contribution is 0.265. The second-order valence-corrected chi connectivity index (χ2v) is 15.6. The second-order valence-electron chi connectivity index (χ2n) is 10.2. The summed E-state index contributed by atoms with van der Waals surface area (Å²) in [7, 11) is -1.69. The van der Waals surface area contributed by atoms with Gasteiger partial charge in [0.05, 0.1) is 0 Å². The predicted molar refractivity (Wildman–Crippen MR) is 133 cm³/mol. The maximum atomic E-state index is 6.69. The van der Waals surface area contributed by atoms with Gasteiger partial charge < -0.3 is 4.43 Å². The van der Waals surface area contributed by atoms with E-state index in [0.717, 1.165) is 13.0 Å². The average Bonchev–Trinajstić information content (AvgIpc) is 2.68. The van der Waals surface area contributed by atoms with Crippen LogP contribution in [0.2, 0.25) is 16.6 Å². The molecule has 166 valence electrons. The first-order valence-corrected chi connectivity index (χ1v) is 14.1. The van der Waals surface area contributed by atoms with Crippen LogP contribution in [0.5, 0.6) is 0 Å². The molecular formula is C27H48OSi. The molecule has 0 saturated carbocycles. The minimum absolute atomic E-state index is 0.251. The molecule has 0 unspecified atom stereocenters. The molecular weight excluding hydrogens is 368 g/mol. The summed E-state index contributed by atoms with van der Waals surface area (Å²) in [6.07, 6.45) is 10.8.